The van der Waals surface area contributed by atoms with E-state index in [0.29, 0.717) is 17.9 Å². The molecule has 0 bridgehead atoms. The molecule has 7 nitrogen and oxygen atoms in total. The second-order valence-electron chi connectivity index (χ2n) is 6.59. The van der Waals surface area contributed by atoms with Crippen LogP contribution in [-0.4, -0.2) is 40.6 Å². The summed E-state index contributed by atoms with van der Waals surface area (Å²) in [5, 5.41) is 5.78. The van der Waals surface area contributed by atoms with Crippen molar-refractivity contribution in [1.29, 1.82) is 0 Å². The minimum absolute atomic E-state index is 0.0438. The standard InChI is InChI=1S/C19H26N4O3/c1-13(2)17(19(25)21-14(3)11-23-10-9-20-12-23)22-18(24)15-5-7-16(26-4)8-6-15/h5-10,12-14,17H,11H2,1-4H3,(H,21,25)(H,22,24)/t14-,17-/m1/s1. The van der Waals surface area contributed by atoms with E-state index in [4.69, 9.17) is 4.74 Å². The van der Waals surface area contributed by atoms with E-state index in [9.17, 15) is 9.59 Å². The number of methoxy groups -OCH3 is 1. The third kappa shape index (κ3) is 5.34. The molecule has 0 spiro atoms. The number of hydrogen-bond donors (Lipinski definition) is 2. The molecular weight excluding hydrogens is 332 g/mol. The Kier molecular flexibility index (Phi) is 6.77. The molecule has 2 amide bonds. The van der Waals surface area contributed by atoms with E-state index in [0.717, 1.165) is 0 Å². The number of aromatic nitrogens is 2. The number of rotatable bonds is 8. The first kappa shape index (κ1) is 19.5. The lowest BCUT2D eigenvalue weighted by Gasteiger charge is -2.24. The van der Waals surface area contributed by atoms with Gasteiger partial charge in [-0.15, -0.1) is 0 Å². The highest BCUT2D eigenvalue weighted by Crippen LogP contribution is 2.12. The van der Waals surface area contributed by atoms with Gasteiger partial charge in [0.15, 0.2) is 0 Å². The van der Waals surface area contributed by atoms with Crippen LogP contribution in [0.4, 0.5) is 0 Å². The highest BCUT2D eigenvalue weighted by atomic mass is 16.5. The topological polar surface area (TPSA) is 85.2 Å². The number of ether oxygens (including phenoxy) is 1. The summed E-state index contributed by atoms with van der Waals surface area (Å²) in [6.45, 7) is 6.34. The molecule has 0 saturated carbocycles. The number of carbonyl (C=O) groups excluding carboxylic acids is 2. The average Bonchev–Trinajstić information content (AvgIpc) is 3.11. The van der Waals surface area contributed by atoms with Gasteiger partial charge in [-0.25, -0.2) is 4.98 Å². The highest BCUT2D eigenvalue weighted by molar-refractivity contribution is 5.97. The lowest BCUT2D eigenvalue weighted by molar-refractivity contribution is -0.124. The third-order valence-corrected chi connectivity index (χ3v) is 4.02. The predicted octanol–water partition coefficient (Wildman–Crippen LogP) is 1.85. The first-order chi connectivity index (χ1) is 12.4. The molecule has 0 fully saturated rings. The summed E-state index contributed by atoms with van der Waals surface area (Å²) < 4.78 is 6.99. The highest BCUT2D eigenvalue weighted by Gasteiger charge is 2.25. The van der Waals surface area contributed by atoms with E-state index in [1.807, 2.05) is 31.5 Å². The fourth-order valence-electron chi connectivity index (χ4n) is 2.59. The summed E-state index contributed by atoms with van der Waals surface area (Å²) in [4.78, 5) is 29.1. The van der Waals surface area contributed by atoms with Crippen molar-refractivity contribution in [3.63, 3.8) is 0 Å². The normalized spacial score (nSPS) is 13.1. The second-order valence-corrected chi connectivity index (χ2v) is 6.59. The van der Waals surface area contributed by atoms with Crippen molar-refractivity contribution in [2.45, 2.75) is 39.4 Å². The van der Waals surface area contributed by atoms with E-state index in [1.54, 1.807) is 43.9 Å². The van der Waals surface area contributed by atoms with Crippen LogP contribution in [0.1, 0.15) is 31.1 Å². The predicted molar refractivity (Wildman–Crippen MR) is 98.9 cm³/mol. The van der Waals surface area contributed by atoms with E-state index >= 15 is 0 Å². The van der Waals surface area contributed by atoms with Gasteiger partial charge in [0.05, 0.1) is 13.4 Å². The molecule has 7 heteroatoms. The molecule has 0 radical (unpaired) electrons. The number of hydrogen-bond acceptors (Lipinski definition) is 4. The maximum atomic E-state index is 12.6. The summed E-state index contributed by atoms with van der Waals surface area (Å²) in [5.74, 6) is 0.143. The average molecular weight is 358 g/mol. The van der Waals surface area contributed by atoms with Gasteiger partial charge in [0.25, 0.3) is 5.91 Å². The van der Waals surface area contributed by atoms with Crippen molar-refractivity contribution in [1.82, 2.24) is 20.2 Å². The van der Waals surface area contributed by atoms with Crippen LogP contribution in [0.3, 0.4) is 0 Å². The number of nitrogens with one attached hydrogen (secondary N) is 2. The summed E-state index contributed by atoms with van der Waals surface area (Å²) in [6.07, 6.45) is 5.24. The molecule has 2 rings (SSSR count). The Morgan fingerprint density at radius 1 is 1.15 bits per heavy atom. The van der Waals surface area contributed by atoms with Crippen molar-refractivity contribution in [2.75, 3.05) is 7.11 Å². The third-order valence-electron chi connectivity index (χ3n) is 4.02. The maximum absolute atomic E-state index is 12.6. The van der Waals surface area contributed by atoms with Crippen LogP contribution in [-0.2, 0) is 11.3 Å². The maximum Gasteiger partial charge on any atom is 0.251 e. The van der Waals surface area contributed by atoms with E-state index in [-0.39, 0.29) is 23.8 Å². The van der Waals surface area contributed by atoms with E-state index in [2.05, 4.69) is 15.6 Å². The molecule has 0 aliphatic heterocycles. The Morgan fingerprint density at radius 3 is 2.38 bits per heavy atom. The molecule has 0 saturated heterocycles. The molecule has 0 aliphatic rings. The van der Waals surface area contributed by atoms with Crippen molar-refractivity contribution in [2.24, 2.45) is 5.92 Å². The van der Waals surface area contributed by atoms with Gasteiger partial charge in [-0.05, 0) is 37.1 Å². The monoisotopic (exact) mass is 358 g/mol. The molecule has 1 aromatic carbocycles. The molecule has 0 unspecified atom stereocenters. The van der Waals surface area contributed by atoms with Gasteiger partial charge in [0.2, 0.25) is 5.91 Å². The van der Waals surface area contributed by atoms with E-state index in [1.165, 1.54) is 0 Å². The number of amides is 2. The number of benzene rings is 1. The summed E-state index contributed by atoms with van der Waals surface area (Å²) >= 11 is 0. The van der Waals surface area contributed by atoms with Crippen LogP contribution in [0.15, 0.2) is 43.0 Å². The lowest BCUT2D eigenvalue weighted by atomic mass is 10.0. The van der Waals surface area contributed by atoms with Gasteiger partial charge < -0.3 is 19.9 Å². The van der Waals surface area contributed by atoms with Gasteiger partial charge in [-0.3, -0.25) is 9.59 Å². The van der Waals surface area contributed by atoms with Crippen LogP contribution in [0.5, 0.6) is 5.75 Å². The molecule has 26 heavy (non-hydrogen) atoms. The molecule has 2 aromatic rings. The van der Waals surface area contributed by atoms with Crippen LogP contribution >= 0.6 is 0 Å². The molecule has 2 N–H and O–H groups in total. The van der Waals surface area contributed by atoms with Crippen LogP contribution in [0, 0.1) is 5.92 Å². The van der Waals surface area contributed by atoms with Crippen LogP contribution in [0.2, 0.25) is 0 Å². The quantitative estimate of drug-likeness (QED) is 0.754. The van der Waals surface area contributed by atoms with Gasteiger partial charge >= 0.3 is 0 Å². The van der Waals surface area contributed by atoms with Gasteiger partial charge in [-0.1, -0.05) is 13.8 Å². The largest absolute Gasteiger partial charge is 0.497 e. The zero-order chi connectivity index (χ0) is 19.1. The molecular formula is C19H26N4O3. The number of imidazole rings is 1. The zero-order valence-electron chi connectivity index (χ0n) is 15.6. The fourth-order valence-corrected chi connectivity index (χ4v) is 2.59. The molecule has 140 valence electrons. The number of nitrogens with zero attached hydrogens (tertiary/aromatic N) is 2. The molecule has 1 aromatic heterocycles. The Labute approximate surface area is 153 Å². The first-order valence-corrected chi connectivity index (χ1v) is 8.61. The molecule has 2 atom stereocenters. The van der Waals surface area contributed by atoms with Crippen LogP contribution < -0.4 is 15.4 Å². The Bertz CT molecular complexity index is 711. The van der Waals surface area contributed by atoms with Gasteiger partial charge in [0, 0.05) is 30.5 Å². The Balaban J connectivity index is 1.97. The molecule has 1 heterocycles. The summed E-state index contributed by atoms with van der Waals surface area (Å²) in [5.41, 5.74) is 0.482. The van der Waals surface area contributed by atoms with Crippen LogP contribution in [0.25, 0.3) is 0 Å². The van der Waals surface area contributed by atoms with Gasteiger partial charge in [-0.2, -0.15) is 0 Å². The Hall–Kier alpha value is -2.83. The van der Waals surface area contributed by atoms with Crippen molar-refractivity contribution < 1.29 is 14.3 Å². The van der Waals surface area contributed by atoms with Crippen molar-refractivity contribution in [3.05, 3.63) is 48.5 Å². The minimum Gasteiger partial charge on any atom is -0.497 e. The second kappa shape index (κ2) is 9.03. The summed E-state index contributed by atoms with van der Waals surface area (Å²) in [7, 11) is 1.57. The number of carbonyl (C=O) groups is 2. The van der Waals surface area contributed by atoms with Crippen molar-refractivity contribution >= 4 is 11.8 Å². The Morgan fingerprint density at radius 2 is 1.85 bits per heavy atom. The fraction of sp³-hybridized carbons (Fsp3) is 0.421. The lowest BCUT2D eigenvalue weighted by Crippen LogP contribution is -2.52. The SMILES string of the molecule is COc1ccc(C(=O)N[C@@H](C(=O)N[C@H](C)Cn2ccnc2)C(C)C)cc1. The smallest absolute Gasteiger partial charge is 0.251 e. The van der Waals surface area contributed by atoms with E-state index < -0.39 is 6.04 Å². The van der Waals surface area contributed by atoms with Gasteiger partial charge in [0.1, 0.15) is 11.8 Å². The first-order valence-electron chi connectivity index (χ1n) is 8.61. The zero-order valence-corrected chi connectivity index (χ0v) is 15.6. The van der Waals surface area contributed by atoms with Crippen molar-refractivity contribution in [3.8, 4) is 5.75 Å². The summed E-state index contributed by atoms with van der Waals surface area (Å²) in [6, 6.07) is 6.07. The molecule has 0 aliphatic carbocycles. The minimum atomic E-state index is -0.616.